The lowest BCUT2D eigenvalue weighted by Crippen LogP contribution is -2.28. The summed E-state index contributed by atoms with van der Waals surface area (Å²) in [5, 5.41) is 0. The maximum Gasteiger partial charge on any atom is 0.336 e. The Labute approximate surface area is 117 Å². The first kappa shape index (κ1) is 14.1. The van der Waals surface area contributed by atoms with Crippen molar-refractivity contribution in [3.05, 3.63) is 69.3 Å². The molecule has 0 N–H and O–H groups in total. The molecule has 20 heavy (non-hydrogen) atoms. The summed E-state index contributed by atoms with van der Waals surface area (Å²) in [6.45, 7) is 3.89. The molecule has 4 heteroatoms. The molecule has 0 spiro atoms. The number of carbonyl (C=O) groups is 1. The molecule has 2 aromatic rings. The van der Waals surface area contributed by atoms with E-state index in [9.17, 15) is 9.59 Å². The van der Waals surface area contributed by atoms with E-state index in [-0.39, 0.29) is 5.91 Å². The lowest BCUT2D eigenvalue weighted by Gasteiger charge is -2.19. The van der Waals surface area contributed by atoms with Gasteiger partial charge in [-0.3, -0.25) is 4.79 Å². The minimum Gasteiger partial charge on any atom is -0.427 e. The highest BCUT2D eigenvalue weighted by Crippen LogP contribution is 2.14. The molecule has 1 heterocycles. The molecule has 0 bridgehead atoms. The lowest BCUT2D eigenvalue weighted by atomic mass is 10.1. The first-order valence-electron chi connectivity index (χ1n) is 6.40. The van der Waals surface area contributed by atoms with Crippen LogP contribution in [0.5, 0.6) is 0 Å². The van der Waals surface area contributed by atoms with Crippen LogP contribution in [-0.2, 0) is 6.54 Å². The van der Waals surface area contributed by atoms with Gasteiger partial charge in [-0.25, -0.2) is 4.79 Å². The van der Waals surface area contributed by atoms with Crippen LogP contribution in [0.25, 0.3) is 0 Å². The van der Waals surface area contributed by atoms with Crippen LogP contribution in [0, 0.1) is 13.8 Å². The van der Waals surface area contributed by atoms with E-state index in [2.05, 4.69) is 0 Å². The molecule has 4 nitrogen and oxygen atoms in total. The molecule has 0 unspecified atom stereocenters. The minimum atomic E-state index is -0.428. The second-order valence-corrected chi connectivity index (χ2v) is 4.83. The molecular formula is C16H17NO3. The zero-order valence-electron chi connectivity index (χ0n) is 11.8. The van der Waals surface area contributed by atoms with Crippen molar-refractivity contribution >= 4 is 5.91 Å². The number of carbonyl (C=O) groups excluding carboxylic acids is 1. The van der Waals surface area contributed by atoms with E-state index in [1.54, 1.807) is 25.8 Å². The van der Waals surface area contributed by atoms with Gasteiger partial charge in [0, 0.05) is 19.7 Å². The molecule has 0 radical (unpaired) electrons. The number of nitrogens with zero attached hydrogens (tertiary/aromatic N) is 1. The second kappa shape index (κ2) is 5.74. The quantitative estimate of drug-likeness (QED) is 0.862. The average molecular weight is 271 g/mol. The number of hydrogen-bond acceptors (Lipinski definition) is 3. The molecule has 0 saturated heterocycles. The highest BCUT2D eigenvalue weighted by Gasteiger charge is 2.19. The third kappa shape index (κ3) is 2.96. The van der Waals surface area contributed by atoms with Crippen molar-refractivity contribution in [1.29, 1.82) is 0 Å². The molecule has 2 rings (SSSR count). The van der Waals surface area contributed by atoms with Crippen molar-refractivity contribution in [2.45, 2.75) is 20.4 Å². The first-order valence-corrected chi connectivity index (χ1v) is 6.40. The van der Waals surface area contributed by atoms with Gasteiger partial charge in [-0.05, 0) is 25.0 Å². The van der Waals surface area contributed by atoms with E-state index < -0.39 is 5.63 Å². The van der Waals surface area contributed by atoms with Gasteiger partial charge < -0.3 is 9.32 Å². The van der Waals surface area contributed by atoms with Gasteiger partial charge in [-0.1, -0.05) is 30.3 Å². The molecule has 1 aromatic carbocycles. The maximum absolute atomic E-state index is 12.5. The summed E-state index contributed by atoms with van der Waals surface area (Å²) in [6.07, 6.45) is 0. The van der Waals surface area contributed by atoms with Crippen molar-refractivity contribution in [1.82, 2.24) is 4.90 Å². The van der Waals surface area contributed by atoms with Gasteiger partial charge in [-0.2, -0.15) is 0 Å². The highest BCUT2D eigenvalue weighted by molar-refractivity contribution is 5.96. The van der Waals surface area contributed by atoms with Gasteiger partial charge >= 0.3 is 5.63 Å². The van der Waals surface area contributed by atoms with Crippen LogP contribution >= 0.6 is 0 Å². The van der Waals surface area contributed by atoms with Crippen LogP contribution in [-0.4, -0.2) is 17.9 Å². The monoisotopic (exact) mass is 271 g/mol. The van der Waals surface area contributed by atoms with E-state index in [0.717, 1.165) is 5.56 Å². The van der Waals surface area contributed by atoms with E-state index >= 15 is 0 Å². The zero-order valence-corrected chi connectivity index (χ0v) is 11.8. The molecule has 0 aliphatic carbocycles. The van der Waals surface area contributed by atoms with Crippen LogP contribution < -0.4 is 5.63 Å². The second-order valence-electron chi connectivity index (χ2n) is 4.83. The summed E-state index contributed by atoms with van der Waals surface area (Å²) in [5.41, 5.74) is 1.73. The van der Waals surface area contributed by atoms with Gasteiger partial charge in [0.25, 0.3) is 5.91 Å². The standard InChI is InChI=1S/C16H17NO3/c1-11-9-14(18)20-12(2)15(11)16(19)17(3)10-13-7-5-4-6-8-13/h4-9H,10H2,1-3H3. The fourth-order valence-corrected chi connectivity index (χ4v) is 2.20. The SMILES string of the molecule is Cc1cc(=O)oc(C)c1C(=O)N(C)Cc1ccccc1. The van der Waals surface area contributed by atoms with E-state index in [4.69, 9.17) is 4.42 Å². The largest absolute Gasteiger partial charge is 0.427 e. The molecule has 0 saturated carbocycles. The summed E-state index contributed by atoms with van der Waals surface area (Å²) in [5.74, 6) is 0.215. The van der Waals surface area contributed by atoms with Gasteiger partial charge in [0.15, 0.2) is 0 Å². The first-order chi connectivity index (χ1) is 9.49. The predicted octanol–water partition coefficient (Wildman–Crippen LogP) is 2.53. The Balaban J connectivity index is 2.26. The molecule has 0 atom stereocenters. The normalized spacial score (nSPS) is 10.3. The predicted molar refractivity (Wildman–Crippen MR) is 76.7 cm³/mol. The van der Waals surface area contributed by atoms with Crippen molar-refractivity contribution in [3.63, 3.8) is 0 Å². The maximum atomic E-state index is 12.5. The van der Waals surface area contributed by atoms with E-state index in [1.165, 1.54) is 6.07 Å². The highest BCUT2D eigenvalue weighted by atomic mass is 16.4. The lowest BCUT2D eigenvalue weighted by molar-refractivity contribution is 0.0780. The summed E-state index contributed by atoms with van der Waals surface area (Å²) in [6, 6.07) is 11.1. The third-order valence-corrected chi connectivity index (χ3v) is 3.16. The molecule has 0 aliphatic rings. The fourth-order valence-electron chi connectivity index (χ4n) is 2.20. The zero-order chi connectivity index (χ0) is 14.7. The summed E-state index contributed by atoms with van der Waals surface area (Å²) in [4.78, 5) is 25.3. The Kier molecular flexibility index (Phi) is 4.03. The topological polar surface area (TPSA) is 50.5 Å². The minimum absolute atomic E-state index is 0.146. The molecule has 0 fully saturated rings. The summed E-state index contributed by atoms with van der Waals surface area (Å²) < 4.78 is 5.01. The van der Waals surface area contributed by atoms with E-state index in [0.29, 0.717) is 23.4 Å². The van der Waals surface area contributed by atoms with Crippen LogP contribution in [0.3, 0.4) is 0 Å². The van der Waals surface area contributed by atoms with Crippen LogP contribution in [0.4, 0.5) is 0 Å². The van der Waals surface area contributed by atoms with Gasteiger partial charge in [-0.15, -0.1) is 0 Å². The number of rotatable bonds is 3. The molecular weight excluding hydrogens is 254 g/mol. The Hall–Kier alpha value is -2.36. The van der Waals surface area contributed by atoms with Gasteiger partial charge in [0.05, 0.1) is 5.56 Å². The fraction of sp³-hybridized carbons (Fsp3) is 0.250. The Morgan fingerprint density at radius 1 is 1.20 bits per heavy atom. The molecule has 1 aromatic heterocycles. The van der Waals surface area contributed by atoms with Crippen molar-refractivity contribution < 1.29 is 9.21 Å². The van der Waals surface area contributed by atoms with Gasteiger partial charge in [0.1, 0.15) is 5.76 Å². The average Bonchev–Trinajstić information content (AvgIpc) is 2.38. The van der Waals surface area contributed by atoms with Crippen molar-refractivity contribution in [3.8, 4) is 0 Å². The number of amides is 1. The Morgan fingerprint density at radius 3 is 2.45 bits per heavy atom. The van der Waals surface area contributed by atoms with Gasteiger partial charge in [0.2, 0.25) is 0 Å². The number of hydrogen-bond donors (Lipinski definition) is 0. The van der Waals surface area contributed by atoms with E-state index in [1.807, 2.05) is 30.3 Å². The Morgan fingerprint density at radius 2 is 1.85 bits per heavy atom. The Bertz CT molecular complexity index is 648. The molecule has 1 amide bonds. The third-order valence-electron chi connectivity index (χ3n) is 3.16. The number of aryl methyl sites for hydroxylation is 2. The molecule has 104 valence electrons. The van der Waals surface area contributed by atoms with Crippen molar-refractivity contribution in [2.24, 2.45) is 0 Å². The summed E-state index contributed by atoms with van der Waals surface area (Å²) >= 11 is 0. The van der Waals surface area contributed by atoms with Crippen molar-refractivity contribution in [2.75, 3.05) is 7.05 Å². The number of benzene rings is 1. The van der Waals surface area contributed by atoms with Crippen LogP contribution in [0.1, 0.15) is 27.2 Å². The van der Waals surface area contributed by atoms with Crippen LogP contribution in [0.15, 0.2) is 45.6 Å². The smallest absolute Gasteiger partial charge is 0.336 e. The molecule has 0 aliphatic heterocycles. The van der Waals surface area contributed by atoms with Crippen LogP contribution in [0.2, 0.25) is 0 Å². The summed E-state index contributed by atoms with van der Waals surface area (Å²) in [7, 11) is 1.74.